The first-order valence-corrected chi connectivity index (χ1v) is 8.75. The van der Waals surface area contributed by atoms with E-state index in [1.165, 1.54) is 0 Å². The predicted molar refractivity (Wildman–Crippen MR) is 82.8 cm³/mol. The normalized spacial score (nSPS) is 37.4. The third kappa shape index (κ3) is 4.04. The predicted octanol–water partition coefficient (Wildman–Crippen LogP) is 2.23. The van der Waals surface area contributed by atoms with Gasteiger partial charge in [-0.3, -0.25) is 0 Å². The first-order chi connectivity index (χ1) is 9.32. The molecule has 2 rings (SSSR count). The lowest BCUT2D eigenvalue weighted by Crippen LogP contribution is -2.33. The number of alkyl halides is 1. The molecule has 0 aromatic heterocycles. The summed E-state index contributed by atoms with van der Waals surface area (Å²) >= 11 is 2.19. The average Bonchev–Trinajstić information content (AvgIpc) is 2.81. The lowest BCUT2D eigenvalue weighted by molar-refractivity contribution is -0.242. The Morgan fingerprint density at radius 3 is 2.50 bits per heavy atom. The Morgan fingerprint density at radius 2 is 1.90 bits per heavy atom. The Bertz CT molecular complexity index is 323. The second-order valence-electron chi connectivity index (χ2n) is 6.18. The van der Waals surface area contributed by atoms with Crippen LogP contribution in [0.15, 0.2) is 0 Å². The van der Waals surface area contributed by atoms with Crippen LogP contribution in [-0.2, 0) is 18.9 Å². The van der Waals surface area contributed by atoms with Crippen molar-refractivity contribution < 1.29 is 24.1 Å². The standard InChI is InChI=1S/C14H25IO5/c1-8(2)17-13-12-11(19-14(3,4)20-12)10(18-13)6-5-9(16)7-15/h8-13,16H,5-7H2,1-4H3/t9?,10-,11-,12-,13-/m1/s1. The van der Waals surface area contributed by atoms with Gasteiger partial charge in [0.25, 0.3) is 0 Å². The number of aliphatic hydroxyl groups is 1. The highest BCUT2D eigenvalue weighted by molar-refractivity contribution is 14.1. The highest BCUT2D eigenvalue weighted by atomic mass is 127. The molecule has 0 saturated carbocycles. The largest absolute Gasteiger partial charge is 0.392 e. The number of rotatable bonds is 6. The molecular formula is C14H25IO5. The van der Waals surface area contributed by atoms with Gasteiger partial charge in [-0.15, -0.1) is 0 Å². The summed E-state index contributed by atoms with van der Waals surface area (Å²) in [5.74, 6) is -0.599. The van der Waals surface area contributed by atoms with Gasteiger partial charge in [0.1, 0.15) is 12.2 Å². The van der Waals surface area contributed by atoms with Gasteiger partial charge in [-0.1, -0.05) is 22.6 Å². The van der Waals surface area contributed by atoms with Gasteiger partial charge in [0.05, 0.1) is 18.3 Å². The summed E-state index contributed by atoms with van der Waals surface area (Å²) in [6, 6.07) is 0. The maximum atomic E-state index is 9.71. The van der Waals surface area contributed by atoms with E-state index in [2.05, 4.69) is 22.6 Å². The lowest BCUT2D eigenvalue weighted by Gasteiger charge is -2.25. The first-order valence-electron chi connectivity index (χ1n) is 7.23. The SMILES string of the molecule is CC(C)O[C@@H]1O[C@H](CCC(O)CI)[C@H]2OC(C)(C)O[C@@H]12. The van der Waals surface area contributed by atoms with Crippen LogP contribution in [-0.4, -0.2) is 52.1 Å². The van der Waals surface area contributed by atoms with E-state index >= 15 is 0 Å². The molecular weight excluding hydrogens is 375 g/mol. The van der Waals surface area contributed by atoms with Crippen molar-refractivity contribution in [3.63, 3.8) is 0 Å². The van der Waals surface area contributed by atoms with Crippen LogP contribution in [0.5, 0.6) is 0 Å². The minimum Gasteiger partial charge on any atom is -0.392 e. The molecule has 2 aliphatic heterocycles. The van der Waals surface area contributed by atoms with Crippen molar-refractivity contribution in [2.75, 3.05) is 4.43 Å². The maximum absolute atomic E-state index is 9.71. The van der Waals surface area contributed by atoms with Crippen molar-refractivity contribution in [2.45, 2.75) is 83.1 Å². The zero-order valence-electron chi connectivity index (χ0n) is 12.5. The van der Waals surface area contributed by atoms with Gasteiger partial charge in [-0.2, -0.15) is 0 Å². The van der Waals surface area contributed by atoms with E-state index in [-0.39, 0.29) is 36.8 Å². The molecule has 5 atom stereocenters. The van der Waals surface area contributed by atoms with Gasteiger partial charge >= 0.3 is 0 Å². The van der Waals surface area contributed by atoms with E-state index in [1.54, 1.807) is 0 Å². The number of hydrogen-bond acceptors (Lipinski definition) is 5. The van der Waals surface area contributed by atoms with Crippen LogP contribution >= 0.6 is 22.6 Å². The van der Waals surface area contributed by atoms with Crippen LogP contribution in [0.2, 0.25) is 0 Å². The average molecular weight is 400 g/mol. The zero-order valence-corrected chi connectivity index (χ0v) is 14.7. The van der Waals surface area contributed by atoms with Crippen LogP contribution in [0.4, 0.5) is 0 Å². The van der Waals surface area contributed by atoms with E-state index in [4.69, 9.17) is 18.9 Å². The number of hydrogen-bond donors (Lipinski definition) is 1. The summed E-state index contributed by atoms with van der Waals surface area (Å²) in [5, 5.41) is 9.71. The van der Waals surface area contributed by atoms with Crippen LogP contribution in [0.25, 0.3) is 0 Å². The Morgan fingerprint density at radius 1 is 1.25 bits per heavy atom. The minimum absolute atomic E-state index is 0.0756. The second kappa shape index (κ2) is 6.75. The fourth-order valence-electron chi connectivity index (χ4n) is 2.69. The molecule has 2 heterocycles. The molecule has 0 spiro atoms. The number of halogens is 1. The molecule has 2 saturated heterocycles. The van der Waals surface area contributed by atoms with Crippen molar-refractivity contribution in [2.24, 2.45) is 0 Å². The summed E-state index contributed by atoms with van der Waals surface area (Å²) in [6.07, 6.45) is 0.471. The minimum atomic E-state index is -0.599. The molecule has 5 nitrogen and oxygen atoms in total. The van der Waals surface area contributed by atoms with E-state index < -0.39 is 5.79 Å². The summed E-state index contributed by atoms with van der Waals surface area (Å²) in [5.41, 5.74) is 0. The summed E-state index contributed by atoms with van der Waals surface area (Å²) in [4.78, 5) is 0. The number of ether oxygens (including phenoxy) is 4. The van der Waals surface area contributed by atoms with Crippen LogP contribution in [0.3, 0.4) is 0 Å². The summed E-state index contributed by atoms with van der Waals surface area (Å²) < 4.78 is 24.3. The van der Waals surface area contributed by atoms with Crippen molar-refractivity contribution >= 4 is 22.6 Å². The van der Waals surface area contributed by atoms with Gasteiger partial charge < -0.3 is 24.1 Å². The van der Waals surface area contributed by atoms with Gasteiger partial charge in [0.15, 0.2) is 12.1 Å². The molecule has 2 fully saturated rings. The summed E-state index contributed by atoms with van der Waals surface area (Å²) in [7, 11) is 0. The molecule has 1 N–H and O–H groups in total. The van der Waals surface area contributed by atoms with Crippen LogP contribution < -0.4 is 0 Å². The topological polar surface area (TPSA) is 57.2 Å². The van der Waals surface area contributed by atoms with Crippen molar-refractivity contribution in [1.82, 2.24) is 0 Å². The Hall–Kier alpha value is 0.530. The molecule has 6 heteroatoms. The van der Waals surface area contributed by atoms with Crippen molar-refractivity contribution in [3.05, 3.63) is 0 Å². The molecule has 0 bridgehead atoms. The molecule has 1 unspecified atom stereocenters. The Balaban J connectivity index is 1.99. The molecule has 0 aliphatic carbocycles. The molecule has 118 valence electrons. The van der Waals surface area contributed by atoms with Crippen molar-refractivity contribution in [3.8, 4) is 0 Å². The fourth-order valence-corrected chi connectivity index (χ4v) is 3.13. The van der Waals surface area contributed by atoms with Gasteiger partial charge in [-0.05, 0) is 40.5 Å². The highest BCUT2D eigenvalue weighted by Gasteiger charge is 2.55. The van der Waals surface area contributed by atoms with Gasteiger partial charge in [-0.25, -0.2) is 0 Å². The third-order valence-electron chi connectivity index (χ3n) is 3.48. The molecule has 0 aromatic rings. The molecule has 0 radical (unpaired) electrons. The highest BCUT2D eigenvalue weighted by Crippen LogP contribution is 2.40. The van der Waals surface area contributed by atoms with Crippen molar-refractivity contribution in [1.29, 1.82) is 0 Å². The maximum Gasteiger partial charge on any atom is 0.187 e. The van der Waals surface area contributed by atoms with E-state index in [9.17, 15) is 5.11 Å². The summed E-state index contributed by atoms with van der Waals surface area (Å²) in [6.45, 7) is 7.78. The zero-order chi connectivity index (χ0) is 14.9. The third-order valence-corrected chi connectivity index (χ3v) is 4.49. The van der Waals surface area contributed by atoms with Crippen LogP contribution in [0, 0.1) is 0 Å². The molecule has 20 heavy (non-hydrogen) atoms. The quantitative estimate of drug-likeness (QED) is 0.548. The molecule has 0 aromatic carbocycles. The van der Waals surface area contributed by atoms with E-state index in [1.807, 2.05) is 27.7 Å². The Labute approximate surface area is 134 Å². The van der Waals surface area contributed by atoms with Crippen LogP contribution in [0.1, 0.15) is 40.5 Å². The lowest BCUT2D eigenvalue weighted by atomic mass is 10.0. The number of aliphatic hydroxyl groups excluding tert-OH is 1. The van der Waals surface area contributed by atoms with Gasteiger partial charge in [0.2, 0.25) is 0 Å². The smallest absolute Gasteiger partial charge is 0.187 e. The van der Waals surface area contributed by atoms with E-state index in [0.29, 0.717) is 6.42 Å². The molecule has 0 amide bonds. The first kappa shape index (κ1) is 16.9. The monoisotopic (exact) mass is 400 g/mol. The Kier molecular flexibility index (Phi) is 5.70. The second-order valence-corrected chi connectivity index (χ2v) is 7.06. The number of fused-ring (bicyclic) bond motifs is 1. The van der Waals surface area contributed by atoms with Gasteiger partial charge in [0, 0.05) is 4.43 Å². The van der Waals surface area contributed by atoms with E-state index in [0.717, 1.165) is 10.8 Å². The fraction of sp³-hybridized carbons (Fsp3) is 1.00. The molecule has 2 aliphatic rings.